The van der Waals surface area contributed by atoms with Gasteiger partial charge >= 0.3 is 5.97 Å². The number of carbonyl (C=O) groups is 1. The van der Waals surface area contributed by atoms with Crippen LogP contribution in [0.4, 0.5) is 0 Å². The second-order valence-electron chi connectivity index (χ2n) is 6.19. The first-order valence-electron chi connectivity index (χ1n) is 8.11. The number of likely N-dealkylation sites (tertiary alicyclic amines) is 1. The summed E-state index contributed by atoms with van der Waals surface area (Å²) < 4.78 is 5.43. The zero-order valence-corrected chi connectivity index (χ0v) is 13.3. The van der Waals surface area contributed by atoms with E-state index >= 15 is 0 Å². The number of rotatable bonds is 5. The van der Waals surface area contributed by atoms with Crippen LogP contribution in [0.2, 0.25) is 0 Å². The molecule has 3 heteroatoms. The molecule has 0 amide bonds. The summed E-state index contributed by atoms with van der Waals surface area (Å²) in [4.78, 5) is 14.6. The van der Waals surface area contributed by atoms with Gasteiger partial charge in [-0.1, -0.05) is 50.1 Å². The quantitative estimate of drug-likeness (QED) is 0.775. The zero-order chi connectivity index (χ0) is 15.1. The van der Waals surface area contributed by atoms with Crippen LogP contribution >= 0.6 is 0 Å². The molecule has 2 rings (SSSR count). The highest BCUT2D eigenvalue weighted by atomic mass is 16.5. The summed E-state index contributed by atoms with van der Waals surface area (Å²) in [7, 11) is 0. The van der Waals surface area contributed by atoms with E-state index in [4.69, 9.17) is 4.74 Å². The van der Waals surface area contributed by atoms with Crippen molar-refractivity contribution in [1.29, 1.82) is 0 Å². The minimum atomic E-state index is -0.0877. The maximum Gasteiger partial charge on any atom is 0.310 e. The average Bonchev–Trinajstić information content (AvgIpc) is 2.71. The maximum atomic E-state index is 12.1. The summed E-state index contributed by atoms with van der Waals surface area (Å²) in [6, 6.07) is 10.4. The Balaban J connectivity index is 1.79. The molecule has 0 aliphatic carbocycles. The van der Waals surface area contributed by atoms with Crippen molar-refractivity contribution in [1.82, 2.24) is 4.90 Å². The van der Waals surface area contributed by atoms with Gasteiger partial charge in [-0.2, -0.15) is 0 Å². The lowest BCUT2D eigenvalue weighted by Crippen LogP contribution is -2.38. The van der Waals surface area contributed by atoms with Crippen LogP contribution in [-0.4, -0.2) is 30.0 Å². The Hall–Kier alpha value is -1.35. The SMILES string of the molecule is CC(CN1CCCCCC1C)C(=O)OCc1ccccc1. The van der Waals surface area contributed by atoms with Gasteiger partial charge in [0.05, 0.1) is 5.92 Å². The van der Waals surface area contributed by atoms with Gasteiger partial charge in [0.1, 0.15) is 6.61 Å². The van der Waals surface area contributed by atoms with E-state index in [0.29, 0.717) is 12.6 Å². The van der Waals surface area contributed by atoms with Crippen molar-refractivity contribution in [3.63, 3.8) is 0 Å². The molecule has 1 heterocycles. The smallest absolute Gasteiger partial charge is 0.310 e. The number of esters is 1. The van der Waals surface area contributed by atoms with Gasteiger partial charge < -0.3 is 4.74 Å². The van der Waals surface area contributed by atoms with Gasteiger partial charge in [-0.25, -0.2) is 0 Å². The Morgan fingerprint density at radius 1 is 1.29 bits per heavy atom. The van der Waals surface area contributed by atoms with Crippen LogP contribution in [0.3, 0.4) is 0 Å². The Morgan fingerprint density at radius 3 is 2.81 bits per heavy atom. The first kappa shape index (κ1) is 16.0. The van der Waals surface area contributed by atoms with Gasteiger partial charge in [0.15, 0.2) is 0 Å². The van der Waals surface area contributed by atoms with Gasteiger partial charge in [0.2, 0.25) is 0 Å². The highest BCUT2D eigenvalue weighted by Crippen LogP contribution is 2.18. The van der Waals surface area contributed by atoms with Crippen molar-refractivity contribution in [3.05, 3.63) is 35.9 Å². The maximum absolute atomic E-state index is 12.1. The van der Waals surface area contributed by atoms with Gasteiger partial charge in [0.25, 0.3) is 0 Å². The number of ether oxygens (including phenoxy) is 1. The molecule has 0 bridgehead atoms. The standard InChI is InChI=1S/C18H27NO2/c1-15(13-19-12-8-4-5-9-16(19)2)18(20)21-14-17-10-6-3-7-11-17/h3,6-7,10-11,15-16H,4-5,8-9,12-14H2,1-2H3. The molecule has 3 nitrogen and oxygen atoms in total. The summed E-state index contributed by atoms with van der Waals surface area (Å²) >= 11 is 0. The molecule has 0 N–H and O–H groups in total. The van der Waals surface area contributed by atoms with Gasteiger partial charge in [0, 0.05) is 12.6 Å². The largest absolute Gasteiger partial charge is 0.461 e. The molecule has 1 aromatic carbocycles. The van der Waals surface area contributed by atoms with E-state index in [2.05, 4.69) is 11.8 Å². The molecule has 116 valence electrons. The molecule has 0 spiro atoms. The molecule has 21 heavy (non-hydrogen) atoms. The minimum absolute atomic E-state index is 0.0609. The Labute approximate surface area is 128 Å². The number of nitrogens with zero attached hydrogens (tertiary/aromatic N) is 1. The fourth-order valence-electron chi connectivity index (χ4n) is 2.90. The van der Waals surface area contributed by atoms with E-state index in [1.54, 1.807) is 0 Å². The molecule has 1 aliphatic heterocycles. The fraction of sp³-hybridized carbons (Fsp3) is 0.611. The van der Waals surface area contributed by atoms with Crippen molar-refractivity contribution in [2.45, 2.75) is 52.2 Å². The molecule has 0 saturated carbocycles. The molecule has 2 atom stereocenters. The fourth-order valence-corrected chi connectivity index (χ4v) is 2.90. The van der Waals surface area contributed by atoms with Crippen molar-refractivity contribution in [2.75, 3.05) is 13.1 Å². The lowest BCUT2D eigenvalue weighted by molar-refractivity contribution is -0.150. The van der Waals surface area contributed by atoms with Crippen LogP contribution in [0.25, 0.3) is 0 Å². The predicted molar refractivity (Wildman–Crippen MR) is 84.9 cm³/mol. The molecule has 0 radical (unpaired) electrons. The lowest BCUT2D eigenvalue weighted by atomic mass is 10.1. The first-order chi connectivity index (χ1) is 10.2. The molecule has 1 fully saturated rings. The van der Waals surface area contributed by atoms with Crippen LogP contribution in [0.1, 0.15) is 45.1 Å². The average molecular weight is 289 g/mol. The summed E-state index contributed by atoms with van der Waals surface area (Å²) in [6.45, 7) is 6.55. The third-order valence-electron chi connectivity index (χ3n) is 4.33. The molecule has 1 aromatic rings. The third kappa shape index (κ3) is 5.16. The lowest BCUT2D eigenvalue weighted by Gasteiger charge is -2.28. The monoisotopic (exact) mass is 289 g/mol. The van der Waals surface area contributed by atoms with Crippen LogP contribution in [-0.2, 0) is 16.1 Å². The highest BCUT2D eigenvalue weighted by molar-refractivity contribution is 5.72. The molecular weight excluding hydrogens is 262 g/mol. The second-order valence-corrected chi connectivity index (χ2v) is 6.19. The van der Waals surface area contributed by atoms with Crippen molar-refractivity contribution in [3.8, 4) is 0 Å². The van der Waals surface area contributed by atoms with Gasteiger partial charge in [-0.3, -0.25) is 9.69 Å². The van der Waals surface area contributed by atoms with E-state index in [-0.39, 0.29) is 11.9 Å². The minimum Gasteiger partial charge on any atom is -0.461 e. The van der Waals surface area contributed by atoms with Gasteiger partial charge in [-0.15, -0.1) is 0 Å². The van der Waals surface area contributed by atoms with Crippen LogP contribution in [0.5, 0.6) is 0 Å². The molecule has 0 aromatic heterocycles. The van der Waals surface area contributed by atoms with E-state index in [1.807, 2.05) is 37.3 Å². The Kier molecular flexibility index (Phi) is 6.24. The Bertz CT molecular complexity index is 432. The summed E-state index contributed by atoms with van der Waals surface area (Å²) in [5.74, 6) is -0.149. The molecule has 2 unspecified atom stereocenters. The van der Waals surface area contributed by atoms with E-state index < -0.39 is 0 Å². The first-order valence-corrected chi connectivity index (χ1v) is 8.11. The third-order valence-corrected chi connectivity index (χ3v) is 4.33. The van der Waals surface area contributed by atoms with Crippen molar-refractivity contribution in [2.24, 2.45) is 5.92 Å². The van der Waals surface area contributed by atoms with Crippen LogP contribution < -0.4 is 0 Å². The topological polar surface area (TPSA) is 29.5 Å². The number of benzene rings is 1. The molecular formula is C18H27NO2. The predicted octanol–water partition coefficient (Wildman–Crippen LogP) is 3.63. The molecule has 1 saturated heterocycles. The van der Waals surface area contributed by atoms with E-state index in [0.717, 1.165) is 18.7 Å². The number of hydrogen-bond donors (Lipinski definition) is 0. The van der Waals surface area contributed by atoms with E-state index in [9.17, 15) is 4.79 Å². The van der Waals surface area contributed by atoms with Crippen molar-refractivity contribution >= 4 is 5.97 Å². The zero-order valence-electron chi connectivity index (χ0n) is 13.3. The normalized spacial score (nSPS) is 21.5. The molecule has 1 aliphatic rings. The number of hydrogen-bond acceptors (Lipinski definition) is 3. The summed E-state index contributed by atoms with van der Waals surface area (Å²) in [5.41, 5.74) is 1.04. The highest BCUT2D eigenvalue weighted by Gasteiger charge is 2.23. The van der Waals surface area contributed by atoms with Crippen molar-refractivity contribution < 1.29 is 9.53 Å². The number of carbonyl (C=O) groups excluding carboxylic acids is 1. The van der Waals surface area contributed by atoms with Crippen LogP contribution in [0.15, 0.2) is 30.3 Å². The van der Waals surface area contributed by atoms with Gasteiger partial charge in [-0.05, 0) is 31.9 Å². The van der Waals surface area contributed by atoms with Crippen LogP contribution in [0, 0.1) is 5.92 Å². The summed E-state index contributed by atoms with van der Waals surface area (Å²) in [6.07, 6.45) is 5.11. The Morgan fingerprint density at radius 2 is 2.05 bits per heavy atom. The summed E-state index contributed by atoms with van der Waals surface area (Å²) in [5, 5.41) is 0. The second kappa shape index (κ2) is 8.18. The van der Waals surface area contributed by atoms with E-state index in [1.165, 1.54) is 25.7 Å².